The Labute approximate surface area is 127 Å². The van der Waals surface area contributed by atoms with E-state index in [2.05, 4.69) is 14.6 Å². The number of hydrogen-bond donors (Lipinski definition) is 1. The van der Waals surface area contributed by atoms with Crippen molar-refractivity contribution < 1.29 is 12.8 Å². The van der Waals surface area contributed by atoms with Gasteiger partial charge in [-0.1, -0.05) is 6.92 Å². The van der Waals surface area contributed by atoms with Gasteiger partial charge in [-0.15, -0.1) is 0 Å². The minimum absolute atomic E-state index is 0.0623. The molecule has 0 bridgehead atoms. The van der Waals surface area contributed by atoms with E-state index in [1.165, 1.54) is 0 Å². The van der Waals surface area contributed by atoms with Crippen LogP contribution in [0.5, 0.6) is 0 Å². The summed E-state index contributed by atoms with van der Waals surface area (Å²) in [5.74, 6) is 1.59. The molecule has 1 aliphatic heterocycles. The largest absolute Gasteiger partial charge is 0.444 e. The fraction of sp³-hybridized carbons (Fsp3) is 0.786. The molecule has 1 aliphatic rings. The van der Waals surface area contributed by atoms with E-state index in [-0.39, 0.29) is 11.3 Å². The molecule has 1 fully saturated rings. The summed E-state index contributed by atoms with van der Waals surface area (Å²) in [5.41, 5.74) is 0.901. The van der Waals surface area contributed by atoms with Gasteiger partial charge in [0.05, 0.1) is 17.5 Å². The molecule has 2 heterocycles. The van der Waals surface area contributed by atoms with Crippen LogP contribution in [0.1, 0.15) is 44.5 Å². The zero-order valence-electron chi connectivity index (χ0n) is 13.2. The standard InChI is InChI=1S/C14H25N3O3S/c1-5-14-15-11(4)13(20-14)9-17-7-6-12(8-17)21(18,19)16-10(2)3/h10,12,16H,5-9H2,1-4H3. The molecule has 0 amide bonds. The second kappa shape index (κ2) is 6.46. The lowest BCUT2D eigenvalue weighted by Gasteiger charge is -2.17. The SMILES string of the molecule is CCc1nc(C)c(CN2CCC(S(=O)(=O)NC(C)C)C2)o1. The quantitative estimate of drug-likeness (QED) is 0.860. The lowest BCUT2D eigenvalue weighted by atomic mass is 10.3. The van der Waals surface area contributed by atoms with Gasteiger partial charge in [0.2, 0.25) is 10.0 Å². The summed E-state index contributed by atoms with van der Waals surface area (Å²) >= 11 is 0. The van der Waals surface area contributed by atoms with Crippen molar-refractivity contribution in [3.63, 3.8) is 0 Å². The summed E-state index contributed by atoms with van der Waals surface area (Å²) in [6, 6.07) is -0.0623. The van der Waals surface area contributed by atoms with Crippen molar-refractivity contribution in [1.82, 2.24) is 14.6 Å². The maximum atomic E-state index is 12.2. The predicted octanol–water partition coefficient (Wildman–Crippen LogP) is 1.45. The highest BCUT2D eigenvalue weighted by atomic mass is 32.2. The zero-order valence-corrected chi connectivity index (χ0v) is 14.0. The second-order valence-corrected chi connectivity index (χ2v) is 7.93. The third-order valence-corrected chi connectivity index (χ3v) is 5.74. The van der Waals surface area contributed by atoms with Gasteiger partial charge in [-0.3, -0.25) is 4.90 Å². The van der Waals surface area contributed by atoms with Crippen LogP contribution in [0, 0.1) is 6.92 Å². The van der Waals surface area contributed by atoms with Crippen LogP contribution in [-0.2, 0) is 23.0 Å². The number of nitrogens with zero attached hydrogens (tertiary/aromatic N) is 2. The summed E-state index contributed by atoms with van der Waals surface area (Å²) < 4.78 is 32.7. The molecule has 0 saturated carbocycles. The molecule has 1 N–H and O–H groups in total. The molecular formula is C14H25N3O3S. The topological polar surface area (TPSA) is 75.4 Å². The number of sulfonamides is 1. The predicted molar refractivity (Wildman–Crippen MR) is 81.5 cm³/mol. The number of aryl methyl sites for hydroxylation is 2. The molecule has 1 aromatic rings. The van der Waals surface area contributed by atoms with E-state index in [0.29, 0.717) is 19.5 Å². The Kier molecular flexibility index (Phi) is 5.06. The van der Waals surface area contributed by atoms with Crippen molar-refractivity contribution in [2.45, 2.75) is 58.4 Å². The number of likely N-dealkylation sites (tertiary alicyclic amines) is 1. The van der Waals surface area contributed by atoms with Crippen molar-refractivity contribution in [2.75, 3.05) is 13.1 Å². The number of oxazole rings is 1. The first-order chi connectivity index (χ1) is 9.81. The lowest BCUT2D eigenvalue weighted by Crippen LogP contribution is -2.39. The van der Waals surface area contributed by atoms with Crippen LogP contribution < -0.4 is 4.72 Å². The molecule has 1 saturated heterocycles. The van der Waals surface area contributed by atoms with Gasteiger partial charge in [0.15, 0.2) is 5.89 Å². The molecule has 120 valence electrons. The fourth-order valence-electron chi connectivity index (χ4n) is 2.61. The molecule has 7 heteroatoms. The minimum Gasteiger partial charge on any atom is -0.444 e. The first-order valence-corrected chi connectivity index (χ1v) is 9.05. The third-order valence-electron chi connectivity index (χ3n) is 3.67. The third kappa shape index (κ3) is 4.05. The normalized spacial score (nSPS) is 20.5. The van der Waals surface area contributed by atoms with Crippen molar-refractivity contribution in [3.8, 4) is 0 Å². The van der Waals surface area contributed by atoms with Gasteiger partial charge >= 0.3 is 0 Å². The number of rotatable bonds is 6. The molecule has 1 unspecified atom stereocenters. The highest BCUT2D eigenvalue weighted by molar-refractivity contribution is 7.90. The molecule has 0 aromatic carbocycles. The Morgan fingerprint density at radius 1 is 1.48 bits per heavy atom. The van der Waals surface area contributed by atoms with E-state index in [0.717, 1.165) is 30.3 Å². The van der Waals surface area contributed by atoms with Crippen molar-refractivity contribution >= 4 is 10.0 Å². The molecule has 1 aromatic heterocycles. The van der Waals surface area contributed by atoms with E-state index in [1.807, 2.05) is 27.7 Å². The molecule has 2 rings (SSSR count). The Hall–Kier alpha value is -0.920. The van der Waals surface area contributed by atoms with Gasteiger partial charge in [-0.2, -0.15) is 0 Å². The van der Waals surface area contributed by atoms with Gasteiger partial charge in [0.1, 0.15) is 5.76 Å². The monoisotopic (exact) mass is 315 g/mol. The van der Waals surface area contributed by atoms with Gasteiger partial charge in [0, 0.05) is 25.6 Å². The van der Waals surface area contributed by atoms with Crippen LogP contribution in [0.3, 0.4) is 0 Å². The van der Waals surface area contributed by atoms with E-state index in [9.17, 15) is 8.42 Å². The maximum Gasteiger partial charge on any atom is 0.216 e. The average Bonchev–Trinajstić information content (AvgIpc) is 2.96. The van der Waals surface area contributed by atoms with Crippen LogP contribution in [0.15, 0.2) is 4.42 Å². The lowest BCUT2D eigenvalue weighted by molar-refractivity contribution is 0.291. The first kappa shape index (κ1) is 16.5. The number of aromatic nitrogens is 1. The van der Waals surface area contributed by atoms with Gasteiger partial charge in [0.25, 0.3) is 0 Å². The Morgan fingerprint density at radius 2 is 2.19 bits per heavy atom. The van der Waals surface area contributed by atoms with Crippen LogP contribution in [0.4, 0.5) is 0 Å². The Bertz CT molecular complexity index is 580. The van der Waals surface area contributed by atoms with Crippen LogP contribution in [0.2, 0.25) is 0 Å². The smallest absolute Gasteiger partial charge is 0.216 e. The molecule has 6 nitrogen and oxygen atoms in total. The molecule has 0 spiro atoms. The zero-order chi connectivity index (χ0) is 15.6. The highest BCUT2D eigenvalue weighted by Gasteiger charge is 2.33. The molecule has 21 heavy (non-hydrogen) atoms. The van der Waals surface area contributed by atoms with Crippen molar-refractivity contribution in [3.05, 3.63) is 17.3 Å². The summed E-state index contributed by atoms with van der Waals surface area (Å²) in [6.07, 6.45) is 1.44. The van der Waals surface area contributed by atoms with Crippen LogP contribution >= 0.6 is 0 Å². The van der Waals surface area contributed by atoms with Crippen molar-refractivity contribution in [1.29, 1.82) is 0 Å². The summed E-state index contributed by atoms with van der Waals surface area (Å²) in [4.78, 5) is 6.48. The molecular weight excluding hydrogens is 290 g/mol. The average molecular weight is 315 g/mol. The van der Waals surface area contributed by atoms with Gasteiger partial charge in [-0.25, -0.2) is 18.1 Å². The molecule has 0 aliphatic carbocycles. The Balaban J connectivity index is 1.98. The van der Waals surface area contributed by atoms with E-state index in [4.69, 9.17) is 4.42 Å². The van der Waals surface area contributed by atoms with Crippen LogP contribution in [0.25, 0.3) is 0 Å². The fourth-order valence-corrected chi connectivity index (χ4v) is 4.28. The first-order valence-electron chi connectivity index (χ1n) is 7.50. The number of hydrogen-bond acceptors (Lipinski definition) is 5. The van der Waals surface area contributed by atoms with E-state index in [1.54, 1.807) is 0 Å². The second-order valence-electron chi connectivity index (χ2n) is 5.93. The number of nitrogens with one attached hydrogen (secondary N) is 1. The highest BCUT2D eigenvalue weighted by Crippen LogP contribution is 2.21. The van der Waals surface area contributed by atoms with E-state index < -0.39 is 10.0 Å². The van der Waals surface area contributed by atoms with Gasteiger partial charge in [-0.05, 0) is 27.2 Å². The summed E-state index contributed by atoms with van der Waals surface area (Å²) in [5, 5.41) is -0.339. The van der Waals surface area contributed by atoms with Crippen LogP contribution in [-0.4, -0.2) is 42.7 Å². The van der Waals surface area contributed by atoms with Crippen molar-refractivity contribution in [2.24, 2.45) is 0 Å². The molecule has 0 radical (unpaired) electrons. The molecule has 1 atom stereocenters. The Morgan fingerprint density at radius 3 is 2.76 bits per heavy atom. The minimum atomic E-state index is -3.23. The summed E-state index contributed by atoms with van der Waals surface area (Å²) in [7, 11) is -3.23. The summed E-state index contributed by atoms with van der Waals surface area (Å²) in [6.45, 7) is 9.57. The van der Waals surface area contributed by atoms with Gasteiger partial charge < -0.3 is 4.42 Å². The van der Waals surface area contributed by atoms with E-state index >= 15 is 0 Å². The maximum absolute atomic E-state index is 12.2.